The second kappa shape index (κ2) is 5.47. The van der Waals surface area contributed by atoms with Crippen molar-refractivity contribution in [3.05, 3.63) is 34.9 Å². The Kier molecular flexibility index (Phi) is 3.71. The van der Waals surface area contributed by atoms with E-state index in [1.165, 1.54) is 17.5 Å². The fourth-order valence-corrected chi connectivity index (χ4v) is 3.23. The molecule has 19 heavy (non-hydrogen) atoms. The molecule has 1 aliphatic rings. The molecule has 0 saturated carbocycles. The number of para-hydroxylation sites is 1. The largest absolute Gasteiger partial charge is 0.369 e. The van der Waals surface area contributed by atoms with Crippen LogP contribution in [0.5, 0.6) is 0 Å². The lowest BCUT2D eigenvalue weighted by atomic mass is 10.1. The molecule has 0 bridgehead atoms. The monoisotopic (exact) mass is 319 g/mol. The molecule has 1 aromatic carbocycles. The smallest absolute Gasteiger partial charge is 0.0936 e. The fourth-order valence-electron chi connectivity index (χ4n) is 2.88. The van der Waals surface area contributed by atoms with Crippen LogP contribution in [0.25, 0.3) is 10.9 Å². The third kappa shape index (κ3) is 2.60. The molecular formula is C15H18BrN3. The number of aromatic nitrogens is 1. The van der Waals surface area contributed by atoms with Gasteiger partial charge in [-0.3, -0.25) is 4.98 Å². The van der Waals surface area contributed by atoms with Crippen molar-refractivity contribution in [1.29, 1.82) is 0 Å². The highest BCUT2D eigenvalue weighted by Crippen LogP contribution is 2.30. The maximum absolute atomic E-state index is 4.59. The molecule has 1 N–H and O–H groups in total. The Bertz CT molecular complexity index is 585. The molecule has 2 heterocycles. The van der Waals surface area contributed by atoms with Gasteiger partial charge in [-0.25, -0.2) is 0 Å². The third-order valence-corrected chi connectivity index (χ3v) is 4.21. The number of anilines is 1. The molecule has 4 heteroatoms. The van der Waals surface area contributed by atoms with E-state index < -0.39 is 0 Å². The van der Waals surface area contributed by atoms with E-state index in [9.17, 15) is 0 Å². The van der Waals surface area contributed by atoms with E-state index >= 15 is 0 Å². The van der Waals surface area contributed by atoms with E-state index in [2.05, 4.69) is 55.4 Å². The number of nitrogens with one attached hydrogen (secondary N) is 1. The van der Waals surface area contributed by atoms with E-state index in [1.807, 2.05) is 13.2 Å². The van der Waals surface area contributed by atoms with Crippen LogP contribution in [0.3, 0.4) is 0 Å². The zero-order chi connectivity index (χ0) is 13.2. The van der Waals surface area contributed by atoms with E-state index in [0.717, 1.165) is 35.5 Å². The zero-order valence-electron chi connectivity index (χ0n) is 11.1. The second-order valence-corrected chi connectivity index (χ2v) is 6.08. The van der Waals surface area contributed by atoms with Gasteiger partial charge in [-0.05, 0) is 54.0 Å². The summed E-state index contributed by atoms with van der Waals surface area (Å²) in [6.45, 7) is 3.35. The highest BCUT2D eigenvalue weighted by molar-refractivity contribution is 9.10. The maximum Gasteiger partial charge on any atom is 0.0936 e. The van der Waals surface area contributed by atoms with Gasteiger partial charge in [0, 0.05) is 29.1 Å². The molecule has 1 unspecified atom stereocenters. The number of hydrogen-bond donors (Lipinski definition) is 1. The van der Waals surface area contributed by atoms with Crippen molar-refractivity contribution in [2.45, 2.75) is 6.42 Å². The summed E-state index contributed by atoms with van der Waals surface area (Å²) in [6, 6.07) is 8.56. The molecule has 0 spiro atoms. The number of benzene rings is 1. The van der Waals surface area contributed by atoms with E-state index in [4.69, 9.17) is 0 Å². The van der Waals surface area contributed by atoms with Crippen LogP contribution in [0.1, 0.15) is 6.42 Å². The predicted octanol–water partition coefficient (Wildman–Crippen LogP) is 3.04. The van der Waals surface area contributed by atoms with Gasteiger partial charge in [0.2, 0.25) is 0 Å². The summed E-state index contributed by atoms with van der Waals surface area (Å²) in [4.78, 5) is 7.06. The van der Waals surface area contributed by atoms with Gasteiger partial charge < -0.3 is 10.2 Å². The van der Waals surface area contributed by atoms with Crippen molar-refractivity contribution in [3.63, 3.8) is 0 Å². The number of rotatable bonds is 3. The SMILES string of the molecule is CNCC1CCN(c2cccc3cc(Br)cnc23)C1. The molecule has 3 nitrogen and oxygen atoms in total. The Labute approximate surface area is 122 Å². The first-order valence-electron chi connectivity index (χ1n) is 6.72. The molecule has 1 fully saturated rings. The number of halogens is 1. The number of pyridine rings is 1. The Morgan fingerprint density at radius 1 is 1.47 bits per heavy atom. The summed E-state index contributed by atoms with van der Waals surface area (Å²) in [5, 5.41) is 4.48. The molecule has 0 amide bonds. The minimum atomic E-state index is 0.746. The molecule has 2 aromatic rings. The van der Waals surface area contributed by atoms with Crippen LogP contribution < -0.4 is 10.2 Å². The van der Waals surface area contributed by atoms with Crippen LogP contribution in [-0.2, 0) is 0 Å². The Balaban J connectivity index is 1.93. The van der Waals surface area contributed by atoms with Crippen LogP contribution in [0, 0.1) is 5.92 Å². The van der Waals surface area contributed by atoms with E-state index in [0.29, 0.717) is 0 Å². The van der Waals surface area contributed by atoms with Gasteiger partial charge in [0.1, 0.15) is 0 Å². The van der Waals surface area contributed by atoms with Crippen LogP contribution in [0.4, 0.5) is 5.69 Å². The highest BCUT2D eigenvalue weighted by Gasteiger charge is 2.23. The van der Waals surface area contributed by atoms with Crippen LogP contribution in [-0.4, -0.2) is 31.7 Å². The number of nitrogens with zero attached hydrogens (tertiary/aromatic N) is 2. The summed E-state index contributed by atoms with van der Waals surface area (Å²) in [5.74, 6) is 0.746. The van der Waals surface area contributed by atoms with Gasteiger partial charge in [0.25, 0.3) is 0 Å². The van der Waals surface area contributed by atoms with Crippen molar-refractivity contribution < 1.29 is 0 Å². The predicted molar refractivity (Wildman–Crippen MR) is 83.7 cm³/mol. The normalized spacial score (nSPS) is 19.3. The highest BCUT2D eigenvalue weighted by atomic mass is 79.9. The van der Waals surface area contributed by atoms with E-state index in [-0.39, 0.29) is 0 Å². The lowest BCUT2D eigenvalue weighted by Crippen LogP contribution is -2.24. The Hall–Kier alpha value is -1.13. The summed E-state index contributed by atoms with van der Waals surface area (Å²) in [6.07, 6.45) is 3.14. The minimum Gasteiger partial charge on any atom is -0.369 e. The third-order valence-electron chi connectivity index (χ3n) is 3.78. The summed E-state index contributed by atoms with van der Waals surface area (Å²) in [5.41, 5.74) is 2.37. The molecular weight excluding hydrogens is 302 g/mol. The molecule has 0 radical (unpaired) electrons. The Morgan fingerprint density at radius 3 is 3.21 bits per heavy atom. The average Bonchev–Trinajstić information content (AvgIpc) is 2.86. The molecule has 1 aromatic heterocycles. The lowest BCUT2D eigenvalue weighted by molar-refractivity contribution is 0.549. The maximum atomic E-state index is 4.59. The van der Waals surface area contributed by atoms with Crippen molar-refractivity contribution in [3.8, 4) is 0 Å². The number of hydrogen-bond acceptors (Lipinski definition) is 3. The molecule has 100 valence electrons. The van der Waals surface area contributed by atoms with Crippen LogP contribution in [0.15, 0.2) is 34.9 Å². The van der Waals surface area contributed by atoms with Gasteiger partial charge in [-0.1, -0.05) is 12.1 Å². The lowest BCUT2D eigenvalue weighted by Gasteiger charge is -2.20. The topological polar surface area (TPSA) is 28.2 Å². The summed E-state index contributed by atoms with van der Waals surface area (Å²) < 4.78 is 1.03. The fraction of sp³-hybridized carbons (Fsp3) is 0.400. The average molecular weight is 320 g/mol. The first-order chi connectivity index (χ1) is 9.28. The van der Waals surface area contributed by atoms with Gasteiger partial charge >= 0.3 is 0 Å². The van der Waals surface area contributed by atoms with Crippen LogP contribution >= 0.6 is 15.9 Å². The van der Waals surface area contributed by atoms with Crippen molar-refractivity contribution in [2.75, 3.05) is 31.6 Å². The standard InChI is InChI=1S/C15H18BrN3/c1-17-8-11-5-6-19(10-11)14-4-2-3-12-7-13(16)9-18-15(12)14/h2-4,7,9,11,17H,5-6,8,10H2,1H3. The summed E-state index contributed by atoms with van der Waals surface area (Å²) in [7, 11) is 2.03. The molecule has 1 atom stereocenters. The quantitative estimate of drug-likeness (QED) is 0.942. The molecule has 0 aliphatic carbocycles. The first kappa shape index (κ1) is 12.9. The second-order valence-electron chi connectivity index (χ2n) is 5.16. The molecule has 1 aliphatic heterocycles. The van der Waals surface area contributed by atoms with Crippen LogP contribution in [0.2, 0.25) is 0 Å². The van der Waals surface area contributed by atoms with Crippen molar-refractivity contribution in [2.24, 2.45) is 5.92 Å². The van der Waals surface area contributed by atoms with Gasteiger partial charge in [0.05, 0.1) is 11.2 Å². The van der Waals surface area contributed by atoms with E-state index in [1.54, 1.807) is 0 Å². The summed E-state index contributed by atoms with van der Waals surface area (Å²) >= 11 is 3.49. The zero-order valence-corrected chi connectivity index (χ0v) is 12.7. The molecule has 1 saturated heterocycles. The minimum absolute atomic E-state index is 0.746. The number of fused-ring (bicyclic) bond motifs is 1. The Morgan fingerprint density at radius 2 is 2.37 bits per heavy atom. The van der Waals surface area contributed by atoms with Gasteiger partial charge in [-0.15, -0.1) is 0 Å². The van der Waals surface area contributed by atoms with Gasteiger partial charge in [0.15, 0.2) is 0 Å². The van der Waals surface area contributed by atoms with Crippen molar-refractivity contribution in [1.82, 2.24) is 10.3 Å². The van der Waals surface area contributed by atoms with Gasteiger partial charge in [-0.2, -0.15) is 0 Å². The van der Waals surface area contributed by atoms with Crippen molar-refractivity contribution >= 4 is 32.5 Å². The molecule has 3 rings (SSSR count). The first-order valence-corrected chi connectivity index (χ1v) is 7.51.